The second kappa shape index (κ2) is 17.8. The van der Waals surface area contributed by atoms with Gasteiger partial charge in [0.05, 0.1) is 0 Å². The molecule has 0 atom stereocenters. The molecule has 14 heavy (non-hydrogen) atoms. The van der Waals surface area contributed by atoms with Crippen molar-refractivity contribution in [3.8, 4) is 0 Å². The van der Waals surface area contributed by atoms with Crippen molar-refractivity contribution in [2.75, 3.05) is 27.2 Å². The number of carboxylic acids is 2. The van der Waals surface area contributed by atoms with Crippen molar-refractivity contribution in [1.29, 1.82) is 0 Å². The Balaban J connectivity index is -0.000000135. The van der Waals surface area contributed by atoms with Gasteiger partial charge in [0.15, 0.2) is 0 Å². The molecule has 0 saturated carbocycles. The van der Waals surface area contributed by atoms with E-state index in [1.165, 1.54) is 0 Å². The summed E-state index contributed by atoms with van der Waals surface area (Å²) in [6, 6.07) is 0. The average molecular weight is 208 g/mol. The molecule has 6 nitrogen and oxygen atoms in total. The molecule has 0 rings (SSSR count). The van der Waals surface area contributed by atoms with E-state index in [2.05, 4.69) is 24.5 Å². The van der Waals surface area contributed by atoms with Crippen molar-refractivity contribution in [2.24, 2.45) is 0 Å². The van der Waals surface area contributed by atoms with Crippen molar-refractivity contribution in [3.63, 3.8) is 0 Å². The molecule has 0 aromatic rings. The van der Waals surface area contributed by atoms with Crippen LogP contribution < -0.4 is 10.6 Å². The summed E-state index contributed by atoms with van der Waals surface area (Å²) in [5.41, 5.74) is 0. The molecule has 0 heterocycles. The van der Waals surface area contributed by atoms with Crippen LogP contribution in [0.15, 0.2) is 0 Å². The molecule has 0 aromatic heterocycles. The zero-order chi connectivity index (χ0) is 12.0. The number of aliphatic carboxylic acids is 2. The van der Waals surface area contributed by atoms with E-state index in [1.807, 2.05) is 14.1 Å². The summed E-state index contributed by atoms with van der Waals surface area (Å²) in [7, 11) is 3.86. The number of hydrogen-bond donors (Lipinski definition) is 4. The molecule has 0 bridgehead atoms. The Kier molecular flexibility index (Phi) is 23.7. The van der Waals surface area contributed by atoms with E-state index in [1.54, 1.807) is 0 Å². The second-order valence-corrected chi connectivity index (χ2v) is 2.02. The highest BCUT2D eigenvalue weighted by Crippen LogP contribution is 1.56. The minimum atomic E-state index is -1.82. The number of carbonyl (C=O) groups is 2. The lowest BCUT2D eigenvalue weighted by Gasteiger charge is -1.76. The van der Waals surface area contributed by atoms with Gasteiger partial charge in [-0.1, -0.05) is 13.8 Å². The lowest BCUT2D eigenvalue weighted by molar-refractivity contribution is -0.159. The lowest BCUT2D eigenvalue weighted by atomic mass is 10.7. The number of carboxylic acid groups (broad SMARTS) is 2. The van der Waals surface area contributed by atoms with Gasteiger partial charge in [-0.3, -0.25) is 0 Å². The van der Waals surface area contributed by atoms with E-state index in [9.17, 15) is 0 Å². The van der Waals surface area contributed by atoms with Crippen LogP contribution in [-0.2, 0) is 9.59 Å². The number of nitrogens with one attached hydrogen (secondary N) is 2. The highest BCUT2D eigenvalue weighted by molar-refractivity contribution is 6.27. The van der Waals surface area contributed by atoms with Gasteiger partial charge in [0.25, 0.3) is 0 Å². The molecule has 0 aliphatic rings. The maximum absolute atomic E-state index is 9.10. The molecule has 6 heteroatoms. The number of hydrogen-bond acceptors (Lipinski definition) is 4. The van der Waals surface area contributed by atoms with Gasteiger partial charge in [-0.15, -0.1) is 0 Å². The maximum Gasteiger partial charge on any atom is 0.414 e. The topological polar surface area (TPSA) is 98.7 Å². The Labute approximate surface area is 84.3 Å². The van der Waals surface area contributed by atoms with Gasteiger partial charge < -0.3 is 20.8 Å². The largest absolute Gasteiger partial charge is 0.473 e. The fourth-order valence-electron chi connectivity index (χ4n) is 0. The summed E-state index contributed by atoms with van der Waals surface area (Å²) in [4.78, 5) is 18.2. The third-order valence-electron chi connectivity index (χ3n) is 0.890. The third-order valence-corrected chi connectivity index (χ3v) is 0.890. The van der Waals surface area contributed by atoms with Crippen LogP contribution in [0.1, 0.15) is 13.8 Å². The molecule has 0 amide bonds. The highest BCUT2D eigenvalue weighted by Gasteiger charge is 2.04. The molecule has 0 fully saturated rings. The standard InChI is InChI=1S/2C3H9N.C2H2O4/c2*1-3-4-2;3-1(4)2(5)6/h2*4H,3H2,1-2H3;(H,3,4)(H,5,6). The molecular formula is C8H20N2O4. The van der Waals surface area contributed by atoms with Crippen LogP contribution in [0, 0.1) is 0 Å². The van der Waals surface area contributed by atoms with Crippen molar-refractivity contribution in [3.05, 3.63) is 0 Å². The summed E-state index contributed by atoms with van der Waals surface area (Å²) >= 11 is 0. The lowest BCUT2D eigenvalue weighted by Crippen LogP contribution is -2.09. The van der Waals surface area contributed by atoms with E-state index in [0.29, 0.717) is 0 Å². The van der Waals surface area contributed by atoms with E-state index < -0.39 is 11.9 Å². The molecule has 4 N–H and O–H groups in total. The molecule has 0 unspecified atom stereocenters. The minimum Gasteiger partial charge on any atom is -0.473 e. The zero-order valence-electron chi connectivity index (χ0n) is 9.13. The summed E-state index contributed by atoms with van der Waals surface area (Å²) in [5, 5.41) is 20.6. The fourth-order valence-corrected chi connectivity index (χ4v) is 0. The summed E-state index contributed by atoms with van der Waals surface area (Å²) < 4.78 is 0. The maximum atomic E-state index is 9.10. The first-order chi connectivity index (χ1) is 6.47. The van der Waals surface area contributed by atoms with Crippen LogP contribution in [0.25, 0.3) is 0 Å². The van der Waals surface area contributed by atoms with Gasteiger partial charge in [0.1, 0.15) is 0 Å². The molecular weight excluding hydrogens is 188 g/mol. The van der Waals surface area contributed by atoms with Crippen LogP contribution in [-0.4, -0.2) is 49.3 Å². The first-order valence-corrected chi connectivity index (χ1v) is 4.23. The van der Waals surface area contributed by atoms with Crippen LogP contribution >= 0.6 is 0 Å². The second-order valence-electron chi connectivity index (χ2n) is 2.02. The Bertz CT molecular complexity index is 119. The van der Waals surface area contributed by atoms with Crippen LogP contribution in [0.2, 0.25) is 0 Å². The van der Waals surface area contributed by atoms with E-state index in [-0.39, 0.29) is 0 Å². The Morgan fingerprint density at radius 3 is 1.07 bits per heavy atom. The molecule has 0 spiro atoms. The van der Waals surface area contributed by atoms with E-state index in [4.69, 9.17) is 19.8 Å². The van der Waals surface area contributed by atoms with Gasteiger partial charge in [0, 0.05) is 0 Å². The third kappa shape index (κ3) is 44.7. The Morgan fingerprint density at radius 2 is 1.07 bits per heavy atom. The first kappa shape index (κ1) is 18.6. The minimum absolute atomic E-state index is 1.07. The molecule has 86 valence electrons. The van der Waals surface area contributed by atoms with Gasteiger partial charge in [-0.25, -0.2) is 9.59 Å². The van der Waals surface area contributed by atoms with E-state index in [0.717, 1.165) is 13.1 Å². The van der Waals surface area contributed by atoms with Crippen molar-refractivity contribution < 1.29 is 19.8 Å². The van der Waals surface area contributed by atoms with Crippen LogP contribution in [0.4, 0.5) is 0 Å². The predicted molar refractivity (Wildman–Crippen MR) is 54.5 cm³/mol. The summed E-state index contributed by atoms with van der Waals surface area (Å²) in [6.45, 7) is 6.28. The smallest absolute Gasteiger partial charge is 0.414 e. The summed E-state index contributed by atoms with van der Waals surface area (Å²) in [6.07, 6.45) is 0. The van der Waals surface area contributed by atoms with Crippen LogP contribution in [0.3, 0.4) is 0 Å². The van der Waals surface area contributed by atoms with Crippen molar-refractivity contribution in [2.45, 2.75) is 13.8 Å². The quantitative estimate of drug-likeness (QED) is 0.461. The Hall–Kier alpha value is -1.14. The molecule has 0 aromatic carbocycles. The first-order valence-electron chi connectivity index (χ1n) is 4.23. The van der Waals surface area contributed by atoms with Gasteiger partial charge >= 0.3 is 11.9 Å². The predicted octanol–water partition coefficient (Wildman–Crippen LogP) is -0.393. The highest BCUT2D eigenvalue weighted by atomic mass is 16.4. The monoisotopic (exact) mass is 208 g/mol. The molecule has 0 saturated heterocycles. The SMILES string of the molecule is CCNC.CCNC.O=C(O)C(=O)O. The molecule has 0 aliphatic carbocycles. The van der Waals surface area contributed by atoms with Gasteiger partial charge in [-0.2, -0.15) is 0 Å². The molecule has 0 radical (unpaired) electrons. The average Bonchev–Trinajstić information content (AvgIpc) is 2.18. The van der Waals surface area contributed by atoms with Crippen molar-refractivity contribution >= 4 is 11.9 Å². The normalized spacial score (nSPS) is 7.43. The van der Waals surface area contributed by atoms with Gasteiger partial charge in [-0.05, 0) is 27.2 Å². The Morgan fingerprint density at radius 1 is 0.929 bits per heavy atom. The fraction of sp³-hybridized carbons (Fsp3) is 0.750. The van der Waals surface area contributed by atoms with E-state index >= 15 is 0 Å². The summed E-state index contributed by atoms with van der Waals surface area (Å²) in [5.74, 6) is -3.65. The zero-order valence-corrected chi connectivity index (χ0v) is 9.13. The van der Waals surface area contributed by atoms with Gasteiger partial charge in [0.2, 0.25) is 0 Å². The van der Waals surface area contributed by atoms with Crippen LogP contribution in [0.5, 0.6) is 0 Å². The number of rotatable bonds is 2. The van der Waals surface area contributed by atoms with Crippen molar-refractivity contribution in [1.82, 2.24) is 10.6 Å². The molecule has 0 aliphatic heterocycles.